The topological polar surface area (TPSA) is 237 Å². The van der Waals surface area contributed by atoms with E-state index in [-0.39, 0.29) is 25.7 Å². The van der Waals surface area contributed by atoms with E-state index in [4.69, 9.17) is 37.0 Å². The van der Waals surface area contributed by atoms with Gasteiger partial charge in [-0.1, -0.05) is 363 Å². The van der Waals surface area contributed by atoms with Crippen LogP contribution < -0.4 is 0 Å². The van der Waals surface area contributed by atoms with Gasteiger partial charge in [-0.2, -0.15) is 0 Å². The van der Waals surface area contributed by atoms with E-state index in [2.05, 4.69) is 48.5 Å². The fourth-order valence-corrected chi connectivity index (χ4v) is 13.9. The van der Waals surface area contributed by atoms with E-state index in [1.807, 2.05) is 0 Å². The van der Waals surface area contributed by atoms with Crippen molar-refractivity contribution in [2.45, 2.75) is 433 Å². The molecule has 0 aliphatic heterocycles. The molecular formula is C80H156O17P2. The summed E-state index contributed by atoms with van der Waals surface area (Å²) in [6, 6.07) is 0. The number of carbonyl (C=O) groups excluding carboxylic acids is 4. The summed E-state index contributed by atoms with van der Waals surface area (Å²) in [6.07, 6.45) is 58.4. The fraction of sp³-hybridized carbons (Fsp3) is 0.950. The number of esters is 4. The lowest BCUT2D eigenvalue weighted by Crippen LogP contribution is -2.30. The molecule has 588 valence electrons. The number of ether oxygens (including phenoxy) is 4. The van der Waals surface area contributed by atoms with Crippen LogP contribution in [-0.2, 0) is 65.4 Å². The highest BCUT2D eigenvalue weighted by molar-refractivity contribution is 7.47. The van der Waals surface area contributed by atoms with Gasteiger partial charge in [-0.3, -0.25) is 37.3 Å². The summed E-state index contributed by atoms with van der Waals surface area (Å²) >= 11 is 0. The number of carbonyl (C=O) groups is 4. The lowest BCUT2D eigenvalue weighted by molar-refractivity contribution is -0.161. The van der Waals surface area contributed by atoms with Crippen LogP contribution in [0.3, 0.4) is 0 Å². The molecule has 0 aromatic carbocycles. The average Bonchev–Trinajstić information content (AvgIpc) is 1.10. The molecule has 5 atom stereocenters. The van der Waals surface area contributed by atoms with Crippen molar-refractivity contribution in [3.8, 4) is 0 Å². The van der Waals surface area contributed by atoms with Crippen molar-refractivity contribution in [1.29, 1.82) is 0 Å². The zero-order valence-corrected chi connectivity index (χ0v) is 66.8. The number of rotatable bonds is 78. The first-order valence-electron chi connectivity index (χ1n) is 41.3. The summed E-state index contributed by atoms with van der Waals surface area (Å²) in [5.74, 6) is 0.168. The summed E-state index contributed by atoms with van der Waals surface area (Å²) < 4.78 is 68.6. The summed E-state index contributed by atoms with van der Waals surface area (Å²) in [4.78, 5) is 72.9. The molecule has 3 N–H and O–H groups in total. The van der Waals surface area contributed by atoms with Crippen LogP contribution in [-0.4, -0.2) is 96.7 Å². The van der Waals surface area contributed by atoms with Gasteiger partial charge in [0, 0.05) is 25.7 Å². The van der Waals surface area contributed by atoms with Gasteiger partial charge in [-0.25, -0.2) is 9.13 Å². The van der Waals surface area contributed by atoms with Crippen molar-refractivity contribution in [2.24, 2.45) is 17.8 Å². The molecule has 0 fully saturated rings. The maximum Gasteiger partial charge on any atom is 0.472 e. The lowest BCUT2D eigenvalue weighted by atomic mass is 10.0. The molecular weight excluding hydrogens is 1290 g/mol. The summed E-state index contributed by atoms with van der Waals surface area (Å²) in [5.41, 5.74) is 0. The lowest BCUT2D eigenvalue weighted by Gasteiger charge is -2.21. The van der Waals surface area contributed by atoms with Crippen molar-refractivity contribution < 1.29 is 80.2 Å². The van der Waals surface area contributed by atoms with Gasteiger partial charge in [0.2, 0.25) is 0 Å². The van der Waals surface area contributed by atoms with E-state index in [9.17, 15) is 43.2 Å². The number of aliphatic hydroxyl groups is 1. The van der Waals surface area contributed by atoms with E-state index in [0.29, 0.717) is 31.6 Å². The molecule has 0 radical (unpaired) electrons. The molecule has 19 heteroatoms. The van der Waals surface area contributed by atoms with Crippen molar-refractivity contribution in [1.82, 2.24) is 0 Å². The van der Waals surface area contributed by atoms with Gasteiger partial charge in [0.15, 0.2) is 12.2 Å². The second-order valence-electron chi connectivity index (χ2n) is 30.2. The minimum atomic E-state index is -4.96. The predicted octanol–water partition coefficient (Wildman–Crippen LogP) is 23.7. The van der Waals surface area contributed by atoms with Crippen LogP contribution in [0.2, 0.25) is 0 Å². The van der Waals surface area contributed by atoms with Crippen molar-refractivity contribution in [3.05, 3.63) is 0 Å². The average molecular weight is 1450 g/mol. The molecule has 0 spiro atoms. The van der Waals surface area contributed by atoms with Crippen LogP contribution in [0.5, 0.6) is 0 Å². The van der Waals surface area contributed by atoms with Crippen molar-refractivity contribution in [2.75, 3.05) is 39.6 Å². The highest BCUT2D eigenvalue weighted by Gasteiger charge is 2.30. The number of aliphatic hydroxyl groups excluding tert-OH is 1. The quantitative estimate of drug-likeness (QED) is 0.0222. The van der Waals surface area contributed by atoms with E-state index in [1.165, 1.54) is 218 Å². The summed E-state index contributed by atoms with van der Waals surface area (Å²) in [7, 11) is -9.92. The van der Waals surface area contributed by atoms with Gasteiger partial charge in [0.1, 0.15) is 19.3 Å². The number of hydrogen-bond acceptors (Lipinski definition) is 15. The fourth-order valence-electron chi connectivity index (χ4n) is 12.3. The van der Waals surface area contributed by atoms with Gasteiger partial charge >= 0.3 is 39.5 Å². The van der Waals surface area contributed by atoms with Crippen molar-refractivity contribution in [3.63, 3.8) is 0 Å². The molecule has 0 aromatic heterocycles. The van der Waals surface area contributed by atoms with Gasteiger partial charge < -0.3 is 33.8 Å². The molecule has 17 nitrogen and oxygen atoms in total. The Hall–Kier alpha value is -1.94. The third kappa shape index (κ3) is 74.1. The van der Waals surface area contributed by atoms with Gasteiger partial charge in [0.25, 0.3) is 0 Å². The first kappa shape index (κ1) is 97.1. The molecule has 2 unspecified atom stereocenters. The zero-order chi connectivity index (χ0) is 73.0. The van der Waals surface area contributed by atoms with Crippen LogP contribution in [0, 0.1) is 17.8 Å². The van der Waals surface area contributed by atoms with E-state index in [0.717, 1.165) is 108 Å². The second kappa shape index (κ2) is 70.4. The Labute approximate surface area is 607 Å². The SMILES string of the molecule is CCCCCCCCCCCCCCCCC(=O)O[C@H](COC(=O)CCCCCCCCC(C)C)COP(=O)(O)OC[C@H](O)COP(=O)(O)OC[C@@H](COC(=O)CCCCCCCCCCCCCCC(C)C)OC(=O)CCCCCCCCCCCCCCCCCCCCC(C)C. The molecule has 0 amide bonds. The molecule has 0 rings (SSSR count). The van der Waals surface area contributed by atoms with Gasteiger partial charge in [-0.05, 0) is 43.4 Å². The maximum absolute atomic E-state index is 13.1. The monoisotopic (exact) mass is 1450 g/mol. The van der Waals surface area contributed by atoms with E-state index >= 15 is 0 Å². The normalized spacial score (nSPS) is 14.0. The molecule has 0 aromatic rings. The molecule has 0 bridgehead atoms. The second-order valence-corrected chi connectivity index (χ2v) is 33.1. The molecule has 0 saturated carbocycles. The third-order valence-corrected chi connectivity index (χ3v) is 20.5. The molecule has 0 saturated heterocycles. The highest BCUT2D eigenvalue weighted by atomic mass is 31.2. The Balaban J connectivity index is 5.21. The number of hydrogen-bond donors (Lipinski definition) is 3. The summed E-state index contributed by atoms with van der Waals surface area (Å²) in [6.45, 7) is 11.9. The zero-order valence-electron chi connectivity index (χ0n) is 65.0. The highest BCUT2D eigenvalue weighted by Crippen LogP contribution is 2.45. The minimum Gasteiger partial charge on any atom is -0.462 e. The Morgan fingerprint density at radius 1 is 0.273 bits per heavy atom. The predicted molar refractivity (Wildman–Crippen MR) is 405 cm³/mol. The van der Waals surface area contributed by atoms with Crippen LogP contribution in [0.15, 0.2) is 0 Å². The molecule has 0 heterocycles. The van der Waals surface area contributed by atoms with Gasteiger partial charge in [-0.15, -0.1) is 0 Å². The van der Waals surface area contributed by atoms with Crippen LogP contribution in [0.1, 0.15) is 414 Å². The first-order valence-corrected chi connectivity index (χ1v) is 44.3. The maximum atomic E-state index is 13.1. The number of phosphoric acid groups is 2. The summed E-state index contributed by atoms with van der Waals surface area (Å²) in [5, 5.41) is 10.6. The molecule has 0 aliphatic rings. The Kier molecular flexibility index (Phi) is 69.0. The van der Waals surface area contributed by atoms with Crippen molar-refractivity contribution >= 4 is 39.5 Å². The Morgan fingerprint density at radius 3 is 0.687 bits per heavy atom. The smallest absolute Gasteiger partial charge is 0.462 e. The van der Waals surface area contributed by atoms with Crippen LogP contribution in [0.25, 0.3) is 0 Å². The number of phosphoric ester groups is 2. The minimum absolute atomic E-state index is 0.107. The van der Waals surface area contributed by atoms with Crippen LogP contribution in [0.4, 0.5) is 0 Å². The standard InChI is InChI=1S/C80H156O17P2/c1-8-9-10-11-12-13-14-15-23-30-35-40-49-56-63-80(85)97-76(68-91-78(83)62-55-48-43-42-46-53-60-73(6)7)70-95-99(88,89)93-66-74(81)65-92-98(86,87)94-69-75(67-90-77(82)61-54-47-39-34-29-26-25-28-33-38-45-52-59-72(4)5)96-79(84)64-57-50-41-36-31-24-21-19-17-16-18-20-22-27-32-37-44-51-58-71(2)3/h71-76,81H,8-70H2,1-7H3,(H,86,87)(H,88,89)/t74-,75-,76-/m1/s1. The Bertz CT molecular complexity index is 1920. The van der Waals surface area contributed by atoms with E-state index < -0.39 is 97.5 Å². The Morgan fingerprint density at radius 2 is 0.465 bits per heavy atom. The van der Waals surface area contributed by atoms with Gasteiger partial charge in [0.05, 0.1) is 26.4 Å². The third-order valence-electron chi connectivity index (χ3n) is 18.6. The van der Waals surface area contributed by atoms with E-state index in [1.54, 1.807) is 0 Å². The van der Waals surface area contributed by atoms with Crippen LogP contribution >= 0.6 is 15.6 Å². The molecule has 0 aliphatic carbocycles. The largest absolute Gasteiger partial charge is 0.472 e. The first-order chi connectivity index (χ1) is 47.7. The molecule has 99 heavy (non-hydrogen) atoms. The number of unbranched alkanes of at least 4 members (excludes halogenated alkanes) is 46.